The highest BCUT2D eigenvalue weighted by atomic mass is 32.2. The number of rotatable bonds is 3. The number of nitrogens with two attached hydrogens (primary N) is 1. The molecule has 25 heavy (non-hydrogen) atoms. The van der Waals surface area contributed by atoms with Crippen molar-refractivity contribution < 1.29 is 22.9 Å². The van der Waals surface area contributed by atoms with Gasteiger partial charge in [0.05, 0.1) is 0 Å². The van der Waals surface area contributed by atoms with Gasteiger partial charge in [0, 0.05) is 27.7 Å². The van der Waals surface area contributed by atoms with Crippen molar-refractivity contribution in [1.82, 2.24) is 0 Å². The summed E-state index contributed by atoms with van der Waals surface area (Å²) in [5, 5.41) is 12.7. The van der Waals surface area contributed by atoms with E-state index in [0.717, 1.165) is 6.07 Å². The molecule has 0 unspecified atom stereocenters. The van der Waals surface area contributed by atoms with Crippen LogP contribution in [0.25, 0.3) is 10.8 Å². The SMILES string of the molecule is Nc1cccc(C(=O)Nc2ccc(S(=O)(=O)O)c3cc(O)ccc23)c1. The molecule has 3 aromatic rings. The number of phenols is 1. The molecule has 0 aliphatic rings. The van der Waals surface area contributed by atoms with Crippen molar-refractivity contribution in [3.63, 3.8) is 0 Å². The van der Waals surface area contributed by atoms with E-state index in [0.29, 0.717) is 22.3 Å². The van der Waals surface area contributed by atoms with Crippen molar-refractivity contribution in [3.05, 3.63) is 60.2 Å². The Hall–Kier alpha value is -3.10. The predicted molar refractivity (Wildman–Crippen MR) is 94.2 cm³/mol. The number of amides is 1. The molecule has 5 N–H and O–H groups in total. The van der Waals surface area contributed by atoms with E-state index >= 15 is 0 Å². The highest BCUT2D eigenvalue weighted by Gasteiger charge is 2.17. The fraction of sp³-hybridized carbons (Fsp3) is 0. The number of phenolic OH excluding ortho intramolecular Hbond substituents is 1. The summed E-state index contributed by atoms with van der Waals surface area (Å²) in [4.78, 5) is 12.0. The third kappa shape index (κ3) is 3.39. The molecule has 0 saturated heterocycles. The zero-order chi connectivity index (χ0) is 18.2. The molecule has 0 aromatic heterocycles. The van der Waals surface area contributed by atoms with E-state index in [1.807, 2.05) is 0 Å². The molecule has 3 rings (SSSR count). The molecule has 7 nitrogen and oxygen atoms in total. The molecule has 0 bridgehead atoms. The molecule has 0 saturated carbocycles. The maximum absolute atomic E-state index is 12.4. The van der Waals surface area contributed by atoms with Crippen LogP contribution >= 0.6 is 0 Å². The Morgan fingerprint density at radius 1 is 1.00 bits per heavy atom. The number of hydrogen-bond donors (Lipinski definition) is 4. The number of hydrogen-bond acceptors (Lipinski definition) is 5. The Balaban J connectivity index is 2.10. The number of benzene rings is 3. The van der Waals surface area contributed by atoms with Gasteiger partial charge < -0.3 is 16.2 Å². The number of fused-ring (bicyclic) bond motifs is 1. The number of nitrogens with one attached hydrogen (secondary N) is 1. The van der Waals surface area contributed by atoms with Crippen LogP contribution in [-0.2, 0) is 10.1 Å². The van der Waals surface area contributed by atoms with Gasteiger partial charge in [0.15, 0.2) is 0 Å². The number of carbonyl (C=O) groups is 1. The van der Waals surface area contributed by atoms with E-state index in [1.54, 1.807) is 18.2 Å². The smallest absolute Gasteiger partial charge is 0.295 e. The second kappa shape index (κ2) is 6.08. The van der Waals surface area contributed by atoms with Crippen LogP contribution in [0.15, 0.2) is 59.5 Å². The molecule has 1 amide bonds. The minimum Gasteiger partial charge on any atom is -0.508 e. The van der Waals surface area contributed by atoms with Crippen molar-refractivity contribution >= 4 is 38.2 Å². The lowest BCUT2D eigenvalue weighted by molar-refractivity contribution is 0.102. The minimum absolute atomic E-state index is 0.0906. The molecular weight excluding hydrogens is 344 g/mol. The van der Waals surface area contributed by atoms with Gasteiger partial charge in [-0.15, -0.1) is 0 Å². The Labute approximate surface area is 143 Å². The van der Waals surface area contributed by atoms with Crippen LogP contribution in [0.5, 0.6) is 5.75 Å². The van der Waals surface area contributed by atoms with Crippen LogP contribution < -0.4 is 11.1 Å². The predicted octanol–water partition coefficient (Wildman–Crippen LogP) is 2.63. The van der Waals surface area contributed by atoms with E-state index in [4.69, 9.17) is 5.73 Å². The van der Waals surface area contributed by atoms with Crippen LogP contribution in [0.2, 0.25) is 0 Å². The molecular formula is C17H14N2O5S. The summed E-state index contributed by atoms with van der Waals surface area (Å²) in [7, 11) is -4.49. The number of aromatic hydroxyl groups is 1. The van der Waals surface area contributed by atoms with Gasteiger partial charge in [-0.05, 0) is 48.5 Å². The molecule has 0 aliphatic heterocycles. The summed E-state index contributed by atoms with van der Waals surface area (Å²) >= 11 is 0. The molecule has 0 aliphatic carbocycles. The Morgan fingerprint density at radius 3 is 2.44 bits per heavy atom. The first-order valence-electron chi connectivity index (χ1n) is 7.16. The van der Waals surface area contributed by atoms with E-state index in [2.05, 4.69) is 5.32 Å². The van der Waals surface area contributed by atoms with Crippen LogP contribution in [0.4, 0.5) is 11.4 Å². The molecule has 0 spiro atoms. The Kier molecular flexibility index (Phi) is 4.07. The lowest BCUT2D eigenvalue weighted by atomic mass is 10.1. The first kappa shape index (κ1) is 16.7. The standard InChI is InChI=1S/C17H14N2O5S/c18-11-3-1-2-10(8-11)17(21)19-15-6-7-16(25(22,23)24)14-9-12(20)4-5-13(14)15/h1-9,20H,18H2,(H,19,21)(H,22,23,24). The van der Waals surface area contributed by atoms with Crippen LogP contribution in [-0.4, -0.2) is 24.0 Å². The highest BCUT2D eigenvalue weighted by molar-refractivity contribution is 7.86. The third-order valence-corrected chi connectivity index (χ3v) is 4.55. The fourth-order valence-electron chi connectivity index (χ4n) is 2.52. The van der Waals surface area contributed by atoms with E-state index in [9.17, 15) is 22.9 Å². The van der Waals surface area contributed by atoms with E-state index in [1.165, 1.54) is 30.3 Å². The lowest BCUT2D eigenvalue weighted by Crippen LogP contribution is -2.13. The van der Waals surface area contributed by atoms with Crippen molar-refractivity contribution in [2.75, 3.05) is 11.1 Å². The second-order valence-corrected chi connectivity index (χ2v) is 6.79. The van der Waals surface area contributed by atoms with Gasteiger partial charge in [-0.25, -0.2) is 0 Å². The summed E-state index contributed by atoms with van der Waals surface area (Å²) in [6.45, 7) is 0. The third-order valence-electron chi connectivity index (χ3n) is 3.64. The van der Waals surface area contributed by atoms with Crippen LogP contribution in [0.3, 0.4) is 0 Å². The molecule has 8 heteroatoms. The summed E-state index contributed by atoms with van der Waals surface area (Å²) in [6, 6.07) is 12.9. The number of anilines is 2. The quantitative estimate of drug-likeness (QED) is 0.421. The summed E-state index contributed by atoms with van der Waals surface area (Å²) < 4.78 is 32.4. The maximum atomic E-state index is 12.4. The zero-order valence-electron chi connectivity index (χ0n) is 12.8. The van der Waals surface area contributed by atoms with Crippen LogP contribution in [0, 0.1) is 0 Å². The van der Waals surface area contributed by atoms with Gasteiger partial charge in [-0.3, -0.25) is 9.35 Å². The van der Waals surface area contributed by atoms with Crippen LogP contribution in [0.1, 0.15) is 10.4 Å². The molecule has 128 valence electrons. The summed E-state index contributed by atoms with van der Waals surface area (Å²) in [6.07, 6.45) is 0. The van der Waals surface area contributed by atoms with Gasteiger partial charge in [0.25, 0.3) is 16.0 Å². The minimum atomic E-state index is -4.49. The second-order valence-electron chi connectivity index (χ2n) is 5.40. The highest BCUT2D eigenvalue weighted by Crippen LogP contribution is 2.32. The van der Waals surface area contributed by atoms with Gasteiger partial charge in [0.2, 0.25) is 0 Å². The topological polar surface area (TPSA) is 130 Å². The summed E-state index contributed by atoms with van der Waals surface area (Å²) in [5.74, 6) is -0.599. The molecule has 0 radical (unpaired) electrons. The van der Waals surface area contributed by atoms with E-state index in [-0.39, 0.29) is 16.0 Å². The molecule has 0 atom stereocenters. The zero-order valence-corrected chi connectivity index (χ0v) is 13.6. The maximum Gasteiger partial charge on any atom is 0.295 e. The largest absolute Gasteiger partial charge is 0.508 e. The first-order chi connectivity index (χ1) is 11.8. The van der Waals surface area contributed by atoms with Gasteiger partial charge in [-0.2, -0.15) is 8.42 Å². The summed E-state index contributed by atoms with van der Waals surface area (Å²) in [5.41, 5.74) is 6.76. The molecule has 0 fully saturated rings. The first-order valence-corrected chi connectivity index (χ1v) is 8.60. The average Bonchev–Trinajstić information content (AvgIpc) is 2.53. The normalized spacial score (nSPS) is 11.4. The van der Waals surface area contributed by atoms with E-state index < -0.39 is 16.0 Å². The Morgan fingerprint density at radius 2 is 1.76 bits per heavy atom. The molecule has 0 heterocycles. The molecule has 3 aromatic carbocycles. The van der Waals surface area contributed by atoms with Crippen molar-refractivity contribution in [2.24, 2.45) is 0 Å². The fourth-order valence-corrected chi connectivity index (χ4v) is 3.20. The number of nitrogen functional groups attached to an aromatic ring is 1. The van der Waals surface area contributed by atoms with Crippen molar-refractivity contribution in [3.8, 4) is 5.75 Å². The van der Waals surface area contributed by atoms with Crippen molar-refractivity contribution in [1.29, 1.82) is 0 Å². The van der Waals surface area contributed by atoms with Crippen molar-refractivity contribution in [2.45, 2.75) is 4.90 Å². The Bertz CT molecular complexity index is 1090. The lowest BCUT2D eigenvalue weighted by Gasteiger charge is -2.12. The average molecular weight is 358 g/mol. The van der Waals surface area contributed by atoms with Gasteiger partial charge in [-0.1, -0.05) is 6.07 Å². The number of carbonyl (C=O) groups excluding carboxylic acids is 1. The monoisotopic (exact) mass is 358 g/mol. The van der Waals surface area contributed by atoms with Gasteiger partial charge >= 0.3 is 0 Å². The van der Waals surface area contributed by atoms with Gasteiger partial charge in [0.1, 0.15) is 10.6 Å².